The number of carbonyl (C=O) groups excluding carboxylic acids is 2. The largest absolute Gasteiger partial charge is 0.463 e. The minimum absolute atomic E-state index is 0.179. The maximum atomic E-state index is 12.7. The summed E-state index contributed by atoms with van der Waals surface area (Å²) in [5.74, 6) is -0.369. The Morgan fingerprint density at radius 3 is 2.71 bits per heavy atom. The lowest BCUT2D eigenvalue weighted by molar-refractivity contribution is -0.139. The van der Waals surface area contributed by atoms with E-state index in [2.05, 4.69) is 10.2 Å². The molecule has 1 aromatic rings. The molecule has 0 aliphatic carbocycles. The predicted octanol–water partition coefficient (Wildman–Crippen LogP) is 2.60. The van der Waals surface area contributed by atoms with E-state index in [-0.39, 0.29) is 12.0 Å². The van der Waals surface area contributed by atoms with Crippen molar-refractivity contribution in [1.29, 1.82) is 0 Å². The van der Waals surface area contributed by atoms with E-state index >= 15 is 0 Å². The summed E-state index contributed by atoms with van der Waals surface area (Å²) in [7, 11) is 1.97. The summed E-state index contributed by atoms with van der Waals surface area (Å²) in [6, 6.07) is 1.28. The Morgan fingerprint density at radius 2 is 2.17 bits per heavy atom. The fourth-order valence-corrected chi connectivity index (χ4v) is 3.40. The average Bonchev–Trinajstić information content (AvgIpc) is 3.08. The van der Waals surface area contributed by atoms with Crippen LogP contribution >= 0.6 is 11.3 Å². The third kappa shape index (κ3) is 3.79. The first-order chi connectivity index (χ1) is 11.5. The monoisotopic (exact) mass is 351 g/mol. The fraction of sp³-hybridized carbons (Fsp3) is 0.529. The molecule has 0 saturated heterocycles. The molecule has 0 saturated carbocycles. The highest BCUT2D eigenvalue weighted by Crippen LogP contribution is 2.32. The van der Waals surface area contributed by atoms with Crippen LogP contribution in [0, 0.1) is 0 Å². The van der Waals surface area contributed by atoms with Gasteiger partial charge in [-0.3, -0.25) is 4.90 Å². The van der Waals surface area contributed by atoms with Crippen LogP contribution in [0.3, 0.4) is 0 Å². The Balaban J connectivity index is 2.56. The molecule has 0 aromatic carbocycles. The lowest BCUT2D eigenvalue weighted by atomic mass is 9.96. The van der Waals surface area contributed by atoms with Gasteiger partial charge in [0.1, 0.15) is 0 Å². The van der Waals surface area contributed by atoms with E-state index in [1.165, 1.54) is 11.3 Å². The number of nitrogens with zero attached hydrogens (tertiary/aromatic N) is 2. The van der Waals surface area contributed by atoms with Gasteiger partial charge in [-0.15, -0.1) is 0 Å². The summed E-state index contributed by atoms with van der Waals surface area (Å²) in [6.45, 7) is 7.87. The second-order valence-corrected chi connectivity index (χ2v) is 6.37. The third-order valence-electron chi connectivity index (χ3n) is 4.09. The van der Waals surface area contributed by atoms with E-state index in [4.69, 9.17) is 4.74 Å². The van der Waals surface area contributed by atoms with E-state index < -0.39 is 6.04 Å². The first kappa shape index (κ1) is 18.5. The van der Waals surface area contributed by atoms with Gasteiger partial charge in [-0.2, -0.15) is 11.3 Å². The summed E-state index contributed by atoms with van der Waals surface area (Å²) in [5, 5.41) is 6.84. The van der Waals surface area contributed by atoms with Crippen molar-refractivity contribution >= 4 is 23.3 Å². The van der Waals surface area contributed by atoms with Crippen molar-refractivity contribution in [3.05, 3.63) is 33.7 Å². The van der Waals surface area contributed by atoms with Gasteiger partial charge in [0, 0.05) is 18.8 Å². The second-order valence-electron chi connectivity index (χ2n) is 5.59. The van der Waals surface area contributed by atoms with Crippen LogP contribution in [-0.2, 0) is 9.53 Å². The Kier molecular flexibility index (Phi) is 6.39. The van der Waals surface area contributed by atoms with Gasteiger partial charge >= 0.3 is 12.0 Å². The van der Waals surface area contributed by atoms with Crippen LogP contribution in [0.15, 0.2) is 28.1 Å². The number of thiophene rings is 1. The molecule has 2 heterocycles. The molecule has 2 amide bonds. The van der Waals surface area contributed by atoms with E-state index in [1.807, 2.05) is 37.7 Å². The van der Waals surface area contributed by atoms with Gasteiger partial charge in [-0.1, -0.05) is 6.92 Å². The van der Waals surface area contributed by atoms with Gasteiger partial charge in [0.15, 0.2) is 0 Å². The predicted molar refractivity (Wildman–Crippen MR) is 94.8 cm³/mol. The highest BCUT2D eigenvalue weighted by atomic mass is 32.1. The fourth-order valence-electron chi connectivity index (χ4n) is 2.71. The normalized spacial score (nSPS) is 18.1. The van der Waals surface area contributed by atoms with E-state index in [9.17, 15) is 9.59 Å². The maximum absolute atomic E-state index is 12.7. The summed E-state index contributed by atoms with van der Waals surface area (Å²) in [4.78, 5) is 28.9. The summed E-state index contributed by atoms with van der Waals surface area (Å²) in [5.41, 5.74) is 2.15. The van der Waals surface area contributed by atoms with Gasteiger partial charge in [-0.05, 0) is 49.8 Å². The molecule has 2 rings (SSSR count). The zero-order chi connectivity index (χ0) is 17.7. The van der Waals surface area contributed by atoms with Gasteiger partial charge < -0.3 is 15.0 Å². The number of likely N-dealkylation sites (N-methyl/N-ethyl adjacent to an activating group) is 2. The van der Waals surface area contributed by atoms with Crippen LogP contribution in [-0.4, -0.2) is 55.1 Å². The van der Waals surface area contributed by atoms with Crippen molar-refractivity contribution in [2.45, 2.75) is 26.8 Å². The minimum atomic E-state index is -0.467. The van der Waals surface area contributed by atoms with Crippen LogP contribution in [0.1, 0.15) is 32.4 Å². The molecule has 0 fully saturated rings. The maximum Gasteiger partial charge on any atom is 0.338 e. The van der Waals surface area contributed by atoms with Crippen molar-refractivity contribution in [2.75, 3.05) is 33.3 Å². The molecule has 0 spiro atoms. The van der Waals surface area contributed by atoms with Crippen molar-refractivity contribution in [2.24, 2.45) is 0 Å². The lowest BCUT2D eigenvalue weighted by Gasteiger charge is -2.37. The molecular weight excluding hydrogens is 326 g/mol. The Labute approximate surface area is 147 Å². The molecule has 1 atom stereocenters. The molecular formula is C17H25N3O3S. The number of hydrogen-bond acceptors (Lipinski definition) is 5. The molecule has 0 bridgehead atoms. The molecule has 7 heteroatoms. The van der Waals surface area contributed by atoms with Gasteiger partial charge in [0.25, 0.3) is 0 Å². The number of carbonyl (C=O) groups is 2. The highest BCUT2D eigenvalue weighted by molar-refractivity contribution is 7.08. The van der Waals surface area contributed by atoms with Gasteiger partial charge in [0.2, 0.25) is 0 Å². The number of hydrogen-bond donors (Lipinski definition) is 1. The van der Waals surface area contributed by atoms with E-state index in [1.54, 1.807) is 11.8 Å². The van der Waals surface area contributed by atoms with Crippen LogP contribution in [0.5, 0.6) is 0 Å². The van der Waals surface area contributed by atoms with Crippen molar-refractivity contribution in [1.82, 2.24) is 15.1 Å². The van der Waals surface area contributed by atoms with Crippen molar-refractivity contribution < 1.29 is 14.3 Å². The zero-order valence-corrected chi connectivity index (χ0v) is 15.5. The van der Waals surface area contributed by atoms with E-state index in [0.717, 1.165) is 17.8 Å². The summed E-state index contributed by atoms with van der Waals surface area (Å²) in [6.07, 6.45) is 0. The molecule has 1 aliphatic rings. The molecule has 1 aliphatic heterocycles. The average molecular weight is 351 g/mol. The molecule has 0 radical (unpaired) electrons. The number of ether oxygens (including phenoxy) is 1. The molecule has 1 aromatic heterocycles. The first-order valence-electron chi connectivity index (χ1n) is 8.22. The first-order valence-corrected chi connectivity index (χ1v) is 9.16. The number of esters is 1. The molecule has 132 valence electrons. The Bertz CT molecular complexity index is 613. The Morgan fingerprint density at radius 1 is 1.42 bits per heavy atom. The van der Waals surface area contributed by atoms with Crippen LogP contribution in [0.2, 0.25) is 0 Å². The smallest absolute Gasteiger partial charge is 0.338 e. The molecule has 1 unspecified atom stereocenters. The summed E-state index contributed by atoms with van der Waals surface area (Å²) >= 11 is 1.54. The molecule has 24 heavy (non-hydrogen) atoms. The summed E-state index contributed by atoms with van der Waals surface area (Å²) < 4.78 is 5.29. The highest BCUT2D eigenvalue weighted by Gasteiger charge is 2.37. The standard InChI is InChI=1S/C17H25N3O3S/c1-5-19(4)10-13-14(16(21)23-7-3)15(12-8-9-24-11-12)18-17(22)20(13)6-2/h8-9,11,15H,5-7,10H2,1-4H3,(H,18,22). The minimum Gasteiger partial charge on any atom is -0.463 e. The van der Waals surface area contributed by atoms with Crippen LogP contribution in [0.4, 0.5) is 4.79 Å². The molecule has 6 nitrogen and oxygen atoms in total. The SMILES string of the molecule is CCOC(=O)C1=C(CN(C)CC)N(CC)C(=O)NC1c1ccsc1. The molecule has 1 N–H and O–H groups in total. The number of urea groups is 1. The van der Waals surface area contributed by atoms with Gasteiger partial charge in [0.05, 0.1) is 18.2 Å². The Hall–Kier alpha value is -1.86. The number of amides is 2. The zero-order valence-electron chi connectivity index (χ0n) is 14.7. The van der Waals surface area contributed by atoms with Crippen LogP contribution < -0.4 is 5.32 Å². The second kappa shape index (κ2) is 8.30. The van der Waals surface area contributed by atoms with Crippen LogP contribution in [0.25, 0.3) is 0 Å². The lowest BCUT2D eigenvalue weighted by Crippen LogP contribution is -2.50. The van der Waals surface area contributed by atoms with Crippen molar-refractivity contribution in [3.63, 3.8) is 0 Å². The van der Waals surface area contributed by atoms with Gasteiger partial charge in [-0.25, -0.2) is 9.59 Å². The topological polar surface area (TPSA) is 61.9 Å². The van der Waals surface area contributed by atoms with E-state index in [0.29, 0.717) is 25.3 Å². The third-order valence-corrected chi connectivity index (χ3v) is 4.79. The quantitative estimate of drug-likeness (QED) is 0.767. The number of rotatable bonds is 7. The van der Waals surface area contributed by atoms with Crippen molar-refractivity contribution in [3.8, 4) is 0 Å². The number of nitrogens with one attached hydrogen (secondary N) is 1.